The fourth-order valence-corrected chi connectivity index (χ4v) is 3.47. The Balaban J connectivity index is 1.34. The van der Waals surface area contributed by atoms with Gasteiger partial charge in [0.1, 0.15) is 5.75 Å². The molecule has 0 radical (unpaired) electrons. The molecule has 1 unspecified atom stereocenters. The van der Waals surface area contributed by atoms with Crippen LogP contribution in [0.15, 0.2) is 48.5 Å². The normalized spacial score (nSPS) is 15.3. The first kappa shape index (κ1) is 17.1. The van der Waals surface area contributed by atoms with Crippen LogP contribution in [-0.4, -0.2) is 22.6 Å². The molecule has 0 bridgehead atoms. The number of aryl methyl sites for hydroxylation is 1. The minimum atomic E-state index is 0.538. The topological polar surface area (TPSA) is 49.9 Å². The first-order valence-electron chi connectivity index (χ1n) is 9.77. The van der Waals surface area contributed by atoms with E-state index in [4.69, 9.17) is 4.74 Å². The molecule has 4 rings (SSSR count). The quantitative estimate of drug-likeness (QED) is 0.567. The van der Waals surface area contributed by atoms with Crippen LogP contribution in [0.25, 0.3) is 11.0 Å². The molecule has 0 spiro atoms. The van der Waals surface area contributed by atoms with Crippen molar-refractivity contribution in [3.63, 3.8) is 0 Å². The highest BCUT2D eigenvalue weighted by molar-refractivity contribution is 5.75. The van der Waals surface area contributed by atoms with Crippen molar-refractivity contribution < 1.29 is 4.74 Å². The van der Waals surface area contributed by atoms with E-state index in [0.717, 1.165) is 35.7 Å². The second kappa shape index (κ2) is 7.92. The summed E-state index contributed by atoms with van der Waals surface area (Å²) < 4.78 is 5.87. The molecule has 2 aromatic carbocycles. The highest BCUT2D eigenvalue weighted by Gasteiger charge is 2.30. The van der Waals surface area contributed by atoms with Crippen LogP contribution in [0.4, 0.5) is 0 Å². The lowest BCUT2D eigenvalue weighted by Gasteiger charge is -2.17. The zero-order valence-corrected chi connectivity index (χ0v) is 15.4. The summed E-state index contributed by atoms with van der Waals surface area (Å²) in [4.78, 5) is 7.65. The Morgan fingerprint density at radius 2 is 1.96 bits per heavy atom. The van der Waals surface area contributed by atoms with Crippen LogP contribution in [0.5, 0.6) is 11.8 Å². The number of nitrogens with zero attached hydrogens (tertiary/aromatic N) is 1. The molecule has 1 aliphatic rings. The van der Waals surface area contributed by atoms with E-state index in [9.17, 15) is 0 Å². The molecule has 1 atom stereocenters. The van der Waals surface area contributed by atoms with Crippen molar-refractivity contribution in [1.29, 1.82) is 0 Å². The molecular formula is C22H27N3O. The predicted molar refractivity (Wildman–Crippen MR) is 106 cm³/mol. The van der Waals surface area contributed by atoms with Gasteiger partial charge in [0.2, 0.25) is 0 Å². The standard InChI is InChI=1S/C22H27N3O/c1-2-15-23-19(17-10-11-17)14-9-16-7-12-18(13-8-16)26-22-24-20-5-3-4-6-21(20)25-22/h3-8,12-13,17,19,23H,2,9-11,14-15H2,1H3,(H,24,25). The van der Waals surface area contributed by atoms with Crippen molar-refractivity contribution in [2.45, 2.75) is 45.1 Å². The number of rotatable bonds is 9. The second-order valence-corrected chi connectivity index (χ2v) is 7.24. The number of aromatic amines is 1. The Labute approximate surface area is 155 Å². The van der Waals surface area contributed by atoms with Gasteiger partial charge in [0.05, 0.1) is 11.0 Å². The SMILES string of the molecule is CCCNC(CCc1ccc(Oc2nc3ccccc3[nH]2)cc1)C1CC1. The molecule has 136 valence electrons. The van der Waals surface area contributed by atoms with E-state index in [0.29, 0.717) is 12.1 Å². The molecule has 1 aliphatic carbocycles. The van der Waals surface area contributed by atoms with Gasteiger partial charge in [-0.2, -0.15) is 4.98 Å². The number of para-hydroxylation sites is 2. The van der Waals surface area contributed by atoms with Crippen molar-refractivity contribution in [2.24, 2.45) is 5.92 Å². The molecular weight excluding hydrogens is 322 g/mol. The minimum absolute atomic E-state index is 0.538. The van der Waals surface area contributed by atoms with Crippen molar-refractivity contribution in [2.75, 3.05) is 6.54 Å². The highest BCUT2D eigenvalue weighted by Crippen LogP contribution is 2.34. The van der Waals surface area contributed by atoms with Gasteiger partial charge in [-0.15, -0.1) is 0 Å². The van der Waals surface area contributed by atoms with E-state index in [1.807, 2.05) is 36.4 Å². The minimum Gasteiger partial charge on any atom is -0.426 e. The number of hydrogen-bond acceptors (Lipinski definition) is 3. The average Bonchev–Trinajstić information content (AvgIpc) is 3.42. The zero-order valence-electron chi connectivity index (χ0n) is 15.4. The molecule has 1 fully saturated rings. The van der Waals surface area contributed by atoms with E-state index >= 15 is 0 Å². The first-order chi connectivity index (χ1) is 12.8. The van der Waals surface area contributed by atoms with Crippen LogP contribution in [0.1, 0.15) is 38.2 Å². The van der Waals surface area contributed by atoms with Crippen LogP contribution in [0.3, 0.4) is 0 Å². The van der Waals surface area contributed by atoms with E-state index in [1.54, 1.807) is 0 Å². The summed E-state index contributed by atoms with van der Waals surface area (Å²) in [5, 5.41) is 3.72. The molecule has 0 amide bonds. The van der Waals surface area contributed by atoms with Gasteiger partial charge < -0.3 is 15.0 Å². The lowest BCUT2D eigenvalue weighted by molar-refractivity contribution is 0.435. The lowest BCUT2D eigenvalue weighted by Crippen LogP contribution is -2.32. The second-order valence-electron chi connectivity index (χ2n) is 7.24. The molecule has 1 heterocycles. The lowest BCUT2D eigenvalue weighted by atomic mass is 10.0. The van der Waals surface area contributed by atoms with E-state index in [-0.39, 0.29) is 0 Å². The molecule has 4 heteroatoms. The number of nitrogens with one attached hydrogen (secondary N) is 2. The van der Waals surface area contributed by atoms with Crippen molar-refractivity contribution in [3.05, 3.63) is 54.1 Å². The summed E-state index contributed by atoms with van der Waals surface area (Å²) >= 11 is 0. The van der Waals surface area contributed by atoms with Gasteiger partial charge in [-0.1, -0.05) is 31.2 Å². The Bertz CT molecular complexity index is 803. The van der Waals surface area contributed by atoms with Gasteiger partial charge in [0, 0.05) is 6.04 Å². The van der Waals surface area contributed by atoms with Gasteiger partial charge in [-0.3, -0.25) is 0 Å². The molecule has 1 aromatic heterocycles. The third kappa shape index (κ3) is 4.25. The van der Waals surface area contributed by atoms with Crippen molar-refractivity contribution >= 4 is 11.0 Å². The number of hydrogen-bond donors (Lipinski definition) is 2. The Morgan fingerprint density at radius 3 is 2.69 bits per heavy atom. The molecule has 2 N–H and O–H groups in total. The molecule has 1 saturated carbocycles. The molecule has 3 aromatic rings. The Morgan fingerprint density at radius 1 is 1.15 bits per heavy atom. The van der Waals surface area contributed by atoms with E-state index < -0.39 is 0 Å². The Hall–Kier alpha value is -2.33. The van der Waals surface area contributed by atoms with Crippen LogP contribution in [-0.2, 0) is 6.42 Å². The number of H-pyrrole nitrogens is 1. The Kier molecular flexibility index (Phi) is 5.21. The van der Waals surface area contributed by atoms with Crippen molar-refractivity contribution in [3.8, 4) is 11.8 Å². The maximum Gasteiger partial charge on any atom is 0.300 e. The maximum absolute atomic E-state index is 5.87. The molecule has 4 nitrogen and oxygen atoms in total. The highest BCUT2D eigenvalue weighted by atomic mass is 16.5. The van der Waals surface area contributed by atoms with Crippen LogP contribution in [0.2, 0.25) is 0 Å². The van der Waals surface area contributed by atoms with Gasteiger partial charge in [-0.25, -0.2) is 0 Å². The monoisotopic (exact) mass is 349 g/mol. The maximum atomic E-state index is 5.87. The van der Waals surface area contributed by atoms with E-state index in [2.05, 4.69) is 34.3 Å². The first-order valence-corrected chi connectivity index (χ1v) is 9.77. The summed E-state index contributed by atoms with van der Waals surface area (Å²) in [6.07, 6.45) is 6.33. The van der Waals surface area contributed by atoms with Crippen LogP contribution < -0.4 is 10.1 Å². The molecule has 0 saturated heterocycles. The summed E-state index contributed by atoms with van der Waals surface area (Å²) in [6.45, 7) is 3.36. The number of aromatic nitrogens is 2. The van der Waals surface area contributed by atoms with E-state index in [1.165, 1.54) is 31.2 Å². The summed E-state index contributed by atoms with van der Waals surface area (Å²) in [5.41, 5.74) is 3.28. The fraction of sp³-hybridized carbons (Fsp3) is 0.409. The molecule has 0 aliphatic heterocycles. The van der Waals surface area contributed by atoms with Crippen LogP contribution in [0, 0.1) is 5.92 Å². The number of fused-ring (bicyclic) bond motifs is 1. The number of ether oxygens (including phenoxy) is 1. The molecule has 26 heavy (non-hydrogen) atoms. The van der Waals surface area contributed by atoms with Gasteiger partial charge in [0.25, 0.3) is 6.01 Å². The van der Waals surface area contributed by atoms with Crippen molar-refractivity contribution in [1.82, 2.24) is 15.3 Å². The fourth-order valence-electron chi connectivity index (χ4n) is 3.47. The van der Waals surface area contributed by atoms with Crippen LogP contribution >= 0.6 is 0 Å². The van der Waals surface area contributed by atoms with Gasteiger partial charge in [-0.05, 0) is 74.4 Å². The predicted octanol–water partition coefficient (Wildman–Crippen LogP) is 5.07. The largest absolute Gasteiger partial charge is 0.426 e. The number of imidazole rings is 1. The smallest absolute Gasteiger partial charge is 0.300 e. The third-order valence-electron chi connectivity index (χ3n) is 5.10. The van der Waals surface area contributed by atoms with Gasteiger partial charge >= 0.3 is 0 Å². The van der Waals surface area contributed by atoms with Gasteiger partial charge in [0.15, 0.2) is 0 Å². The average molecular weight is 349 g/mol. The number of benzene rings is 2. The summed E-state index contributed by atoms with van der Waals surface area (Å²) in [7, 11) is 0. The zero-order chi connectivity index (χ0) is 17.8. The summed E-state index contributed by atoms with van der Waals surface area (Å²) in [5.74, 6) is 1.72. The third-order valence-corrected chi connectivity index (χ3v) is 5.10. The summed E-state index contributed by atoms with van der Waals surface area (Å²) in [6, 6.07) is 17.6.